The van der Waals surface area contributed by atoms with Crippen LogP contribution in [0.2, 0.25) is 0 Å². The van der Waals surface area contributed by atoms with E-state index in [4.69, 9.17) is 9.47 Å². The first-order valence-corrected chi connectivity index (χ1v) is 7.49. The molecule has 0 aliphatic heterocycles. The highest BCUT2D eigenvalue weighted by Gasteiger charge is 2.49. The molecular weight excluding hydrogens is 226 g/mol. The van der Waals surface area contributed by atoms with Gasteiger partial charge in [-0.1, -0.05) is 20.8 Å². The Kier molecular flexibility index (Phi) is 4.68. The molecule has 106 valence electrons. The molecule has 0 aromatic rings. The van der Waals surface area contributed by atoms with E-state index in [0.29, 0.717) is 24.4 Å². The van der Waals surface area contributed by atoms with Crippen molar-refractivity contribution in [1.29, 1.82) is 0 Å². The van der Waals surface area contributed by atoms with Crippen molar-refractivity contribution in [2.24, 2.45) is 5.41 Å². The second kappa shape index (κ2) is 5.89. The Bertz CT molecular complexity index is 267. The van der Waals surface area contributed by atoms with Gasteiger partial charge in [-0.25, -0.2) is 0 Å². The lowest BCUT2D eigenvalue weighted by Gasteiger charge is -2.53. The first kappa shape index (κ1) is 14.3. The first-order chi connectivity index (χ1) is 8.57. The standard InChI is InChI=1S/C15H29NO2/c1-5-16-13-10-14(15(13,2)3)18-12-8-6-7-11(9-12)17-4/h11-14,16H,5-10H2,1-4H3. The summed E-state index contributed by atoms with van der Waals surface area (Å²) in [5, 5.41) is 3.55. The highest BCUT2D eigenvalue weighted by atomic mass is 16.5. The number of nitrogens with one attached hydrogen (secondary N) is 1. The third-order valence-electron chi connectivity index (χ3n) is 4.90. The molecule has 0 aromatic carbocycles. The molecule has 4 atom stereocenters. The van der Waals surface area contributed by atoms with Crippen LogP contribution in [0.5, 0.6) is 0 Å². The maximum atomic E-state index is 6.33. The monoisotopic (exact) mass is 255 g/mol. The van der Waals surface area contributed by atoms with Gasteiger partial charge in [0.1, 0.15) is 0 Å². The van der Waals surface area contributed by atoms with Crippen molar-refractivity contribution in [2.45, 2.75) is 77.2 Å². The molecule has 0 radical (unpaired) electrons. The quantitative estimate of drug-likeness (QED) is 0.819. The average molecular weight is 255 g/mol. The van der Waals surface area contributed by atoms with Gasteiger partial charge in [-0.15, -0.1) is 0 Å². The molecule has 0 spiro atoms. The van der Waals surface area contributed by atoms with Gasteiger partial charge >= 0.3 is 0 Å². The minimum Gasteiger partial charge on any atom is -0.381 e. The molecule has 2 rings (SSSR count). The minimum absolute atomic E-state index is 0.274. The Morgan fingerprint density at radius 3 is 2.50 bits per heavy atom. The number of hydrogen-bond donors (Lipinski definition) is 1. The lowest BCUT2D eigenvalue weighted by Crippen LogP contribution is -2.61. The van der Waals surface area contributed by atoms with Gasteiger partial charge in [0.15, 0.2) is 0 Å². The Morgan fingerprint density at radius 1 is 1.17 bits per heavy atom. The van der Waals surface area contributed by atoms with Crippen LogP contribution in [-0.4, -0.2) is 38.0 Å². The zero-order valence-electron chi connectivity index (χ0n) is 12.4. The molecule has 2 aliphatic carbocycles. The van der Waals surface area contributed by atoms with Gasteiger partial charge in [-0.3, -0.25) is 0 Å². The molecule has 0 aromatic heterocycles. The summed E-state index contributed by atoms with van der Waals surface area (Å²) in [6.45, 7) is 7.88. The van der Waals surface area contributed by atoms with Gasteiger partial charge in [-0.05, 0) is 38.6 Å². The van der Waals surface area contributed by atoms with E-state index < -0.39 is 0 Å². The fourth-order valence-corrected chi connectivity index (χ4v) is 3.38. The molecule has 3 nitrogen and oxygen atoms in total. The predicted octanol–water partition coefficient (Wildman–Crippen LogP) is 2.74. The van der Waals surface area contributed by atoms with Crippen LogP contribution in [0, 0.1) is 5.41 Å². The molecular formula is C15H29NO2. The number of hydrogen-bond acceptors (Lipinski definition) is 3. The molecule has 4 unspecified atom stereocenters. The van der Waals surface area contributed by atoms with Crippen molar-refractivity contribution in [1.82, 2.24) is 5.32 Å². The van der Waals surface area contributed by atoms with Gasteiger partial charge in [0, 0.05) is 18.6 Å². The van der Waals surface area contributed by atoms with Crippen LogP contribution in [-0.2, 0) is 9.47 Å². The van der Waals surface area contributed by atoms with E-state index in [1.807, 2.05) is 7.11 Å². The molecule has 18 heavy (non-hydrogen) atoms. The van der Waals surface area contributed by atoms with Gasteiger partial charge < -0.3 is 14.8 Å². The van der Waals surface area contributed by atoms with E-state index in [9.17, 15) is 0 Å². The molecule has 2 fully saturated rings. The molecule has 2 aliphatic rings. The Hall–Kier alpha value is -0.120. The van der Waals surface area contributed by atoms with Crippen LogP contribution in [0.4, 0.5) is 0 Å². The molecule has 0 saturated heterocycles. The van der Waals surface area contributed by atoms with Crippen molar-refractivity contribution in [3.8, 4) is 0 Å². The van der Waals surface area contributed by atoms with Gasteiger partial charge in [0.05, 0.1) is 18.3 Å². The summed E-state index contributed by atoms with van der Waals surface area (Å²) in [5.41, 5.74) is 0.274. The van der Waals surface area contributed by atoms with Crippen molar-refractivity contribution < 1.29 is 9.47 Å². The van der Waals surface area contributed by atoms with E-state index in [-0.39, 0.29) is 5.41 Å². The van der Waals surface area contributed by atoms with Crippen molar-refractivity contribution in [3.63, 3.8) is 0 Å². The fraction of sp³-hybridized carbons (Fsp3) is 1.00. The smallest absolute Gasteiger partial charge is 0.0659 e. The van der Waals surface area contributed by atoms with Crippen molar-refractivity contribution in [2.75, 3.05) is 13.7 Å². The first-order valence-electron chi connectivity index (χ1n) is 7.49. The number of methoxy groups -OCH3 is 1. The van der Waals surface area contributed by atoms with Crippen LogP contribution >= 0.6 is 0 Å². The largest absolute Gasteiger partial charge is 0.381 e. The van der Waals surface area contributed by atoms with Crippen LogP contribution in [0.3, 0.4) is 0 Å². The summed E-state index contributed by atoms with van der Waals surface area (Å²) in [7, 11) is 1.82. The van der Waals surface area contributed by atoms with E-state index in [1.54, 1.807) is 0 Å². The van der Waals surface area contributed by atoms with E-state index >= 15 is 0 Å². The van der Waals surface area contributed by atoms with Gasteiger partial charge in [0.2, 0.25) is 0 Å². The van der Waals surface area contributed by atoms with Crippen molar-refractivity contribution in [3.05, 3.63) is 0 Å². The van der Waals surface area contributed by atoms with Crippen LogP contribution in [0.1, 0.15) is 52.9 Å². The topological polar surface area (TPSA) is 30.5 Å². The summed E-state index contributed by atoms with van der Waals surface area (Å²) >= 11 is 0. The zero-order valence-corrected chi connectivity index (χ0v) is 12.4. The van der Waals surface area contributed by atoms with Crippen LogP contribution in [0.15, 0.2) is 0 Å². The molecule has 0 bridgehead atoms. The highest BCUT2D eigenvalue weighted by molar-refractivity contribution is 5.03. The fourth-order valence-electron chi connectivity index (χ4n) is 3.38. The summed E-state index contributed by atoms with van der Waals surface area (Å²) in [6.07, 6.45) is 7.13. The maximum Gasteiger partial charge on any atom is 0.0659 e. The van der Waals surface area contributed by atoms with Crippen LogP contribution < -0.4 is 5.32 Å². The molecule has 2 saturated carbocycles. The Labute approximate surface area is 112 Å². The van der Waals surface area contributed by atoms with Gasteiger partial charge in [-0.2, -0.15) is 0 Å². The third kappa shape index (κ3) is 2.89. The SMILES string of the molecule is CCNC1CC(OC2CCCC(OC)C2)C1(C)C. The second-order valence-corrected chi connectivity index (χ2v) is 6.44. The van der Waals surface area contributed by atoms with Crippen molar-refractivity contribution >= 4 is 0 Å². The summed E-state index contributed by atoms with van der Waals surface area (Å²) in [5.74, 6) is 0. The molecule has 0 amide bonds. The van der Waals surface area contributed by atoms with E-state index in [0.717, 1.165) is 19.4 Å². The molecule has 3 heteroatoms. The zero-order chi connectivity index (χ0) is 13.2. The summed E-state index contributed by atoms with van der Waals surface area (Å²) in [6, 6.07) is 0.620. The predicted molar refractivity (Wildman–Crippen MR) is 73.8 cm³/mol. The third-order valence-corrected chi connectivity index (χ3v) is 4.90. The average Bonchev–Trinajstić information content (AvgIpc) is 2.38. The highest BCUT2D eigenvalue weighted by Crippen LogP contribution is 2.44. The van der Waals surface area contributed by atoms with Gasteiger partial charge in [0.25, 0.3) is 0 Å². The lowest BCUT2D eigenvalue weighted by molar-refractivity contribution is -0.162. The van der Waals surface area contributed by atoms with Crippen LogP contribution in [0.25, 0.3) is 0 Å². The lowest BCUT2D eigenvalue weighted by atomic mass is 9.64. The number of rotatable bonds is 5. The Balaban J connectivity index is 1.80. The minimum atomic E-state index is 0.274. The Morgan fingerprint density at radius 2 is 1.89 bits per heavy atom. The van der Waals surface area contributed by atoms with E-state index in [1.165, 1.54) is 19.3 Å². The normalized spacial score (nSPS) is 39.3. The summed E-state index contributed by atoms with van der Waals surface area (Å²) in [4.78, 5) is 0. The maximum absolute atomic E-state index is 6.33. The second-order valence-electron chi connectivity index (χ2n) is 6.44. The molecule has 1 N–H and O–H groups in total. The summed E-state index contributed by atoms with van der Waals surface area (Å²) < 4.78 is 11.8. The van der Waals surface area contributed by atoms with E-state index in [2.05, 4.69) is 26.1 Å². The molecule has 0 heterocycles. The number of ether oxygens (including phenoxy) is 2.